The van der Waals surface area contributed by atoms with Crippen molar-refractivity contribution in [3.05, 3.63) is 71.3 Å². The smallest absolute Gasteiger partial charge is 0.416 e. The Morgan fingerprint density at radius 1 is 1.00 bits per heavy atom. The molecule has 0 aliphatic rings. The van der Waals surface area contributed by atoms with Crippen LogP contribution in [0.3, 0.4) is 0 Å². The summed E-state index contributed by atoms with van der Waals surface area (Å²) < 4.78 is 52.1. The van der Waals surface area contributed by atoms with Gasteiger partial charge in [0.25, 0.3) is 5.91 Å². The van der Waals surface area contributed by atoms with Gasteiger partial charge < -0.3 is 26.5 Å². The molecule has 0 aliphatic heterocycles. The van der Waals surface area contributed by atoms with Gasteiger partial charge in [-0.1, -0.05) is 12.1 Å². The van der Waals surface area contributed by atoms with Crippen molar-refractivity contribution in [3.8, 4) is 11.1 Å². The first-order chi connectivity index (χ1) is 15.0. The van der Waals surface area contributed by atoms with Gasteiger partial charge in [-0.3, -0.25) is 4.79 Å². The summed E-state index contributed by atoms with van der Waals surface area (Å²) in [5, 5.41) is 13.6. The van der Waals surface area contributed by atoms with E-state index >= 15 is 0 Å². The van der Waals surface area contributed by atoms with Gasteiger partial charge in [0.15, 0.2) is 0 Å². The lowest BCUT2D eigenvalue weighted by atomic mass is 10.0. The minimum absolute atomic E-state index is 0.0482. The van der Waals surface area contributed by atoms with Gasteiger partial charge in [0, 0.05) is 17.4 Å². The SMILES string of the molecule is NC(=O)c1[nH]cc(C(=O)O)c1-c1ccc(NC(=O)Nc2cc(C(F)(F)F)ccc2F)cc1. The number of rotatable bonds is 5. The molecule has 2 aromatic carbocycles. The Kier molecular flexibility index (Phi) is 5.87. The maximum Gasteiger partial charge on any atom is 0.416 e. The molecule has 3 aromatic rings. The van der Waals surface area contributed by atoms with E-state index in [1.165, 1.54) is 24.3 Å². The average Bonchev–Trinajstić information content (AvgIpc) is 3.15. The monoisotopic (exact) mass is 450 g/mol. The molecule has 0 fully saturated rings. The second kappa shape index (κ2) is 8.41. The Bertz CT molecular complexity index is 1170. The molecule has 1 aromatic heterocycles. The summed E-state index contributed by atoms with van der Waals surface area (Å²) in [5.41, 5.74) is 3.64. The lowest BCUT2D eigenvalue weighted by Crippen LogP contribution is -2.20. The van der Waals surface area contributed by atoms with Crippen LogP contribution < -0.4 is 16.4 Å². The number of carbonyl (C=O) groups excluding carboxylic acids is 2. The number of nitrogens with one attached hydrogen (secondary N) is 3. The van der Waals surface area contributed by atoms with Crippen LogP contribution in [0, 0.1) is 5.82 Å². The van der Waals surface area contributed by atoms with Crippen LogP contribution in [0.15, 0.2) is 48.7 Å². The summed E-state index contributed by atoms with van der Waals surface area (Å²) in [6, 6.07) is 6.06. The molecule has 0 saturated heterocycles. The number of aromatic carboxylic acids is 1. The van der Waals surface area contributed by atoms with Crippen LogP contribution in [0.5, 0.6) is 0 Å². The number of amides is 3. The highest BCUT2D eigenvalue weighted by molar-refractivity contribution is 6.06. The summed E-state index contributed by atoms with van der Waals surface area (Å²) in [6.45, 7) is 0. The molecule has 0 saturated carbocycles. The summed E-state index contributed by atoms with van der Waals surface area (Å²) >= 11 is 0. The number of carbonyl (C=O) groups is 3. The van der Waals surface area contributed by atoms with E-state index in [4.69, 9.17) is 5.73 Å². The maximum absolute atomic E-state index is 13.8. The third-order valence-electron chi connectivity index (χ3n) is 4.33. The zero-order valence-electron chi connectivity index (χ0n) is 15.9. The fraction of sp³-hybridized carbons (Fsp3) is 0.0500. The predicted octanol–water partition coefficient (Wildman–Crippen LogP) is 4.28. The lowest BCUT2D eigenvalue weighted by molar-refractivity contribution is -0.137. The first kappa shape index (κ1) is 22.3. The number of benzene rings is 2. The minimum atomic E-state index is -4.72. The highest BCUT2D eigenvalue weighted by Crippen LogP contribution is 2.32. The number of aromatic nitrogens is 1. The van der Waals surface area contributed by atoms with Crippen molar-refractivity contribution in [2.75, 3.05) is 10.6 Å². The predicted molar refractivity (Wildman–Crippen MR) is 106 cm³/mol. The molecule has 8 nitrogen and oxygen atoms in total. The summed E-state index contributed by atoms with van der Waals surface area (Å²) in [5.74, 6) is -3.23. The minimum Gasteiger partial charge on any atom is -0.478 e. The van der Waals surface area contributed by atoms with Gasteiger partial charge in [0.1, 0.15) is 11.5 Å². The van der Waals surface area contributed by atoms with Crippen molar-refractivity contribution in [3.63, 3.8) is 0 Å². The molecule has 0 unspecified atom stereocenters. The molecule has 0 spiro atoms. The molecule has 0 aliphatic carbocycles. The Labute approximate surface area is 177 Å². The molecule has 32 heavy (non-hydrogen) atoms. The molecule has 3 rings (SSSR count). The van der Waals surface area contributed by atoms with Crippen LogP contribution in [0.4, 0.5) is 33.7 Å². The van der Waals surface area contributed by atoms with E-state index in [1.54, 1.807) is 0 Å². The third-order valence-corrected chi connectivity index (χ3v) is 4.33. The zero-order valence-corrected chi connectivity index (χ0v) is 15.9. The average molecular weight is 450 g/mol. The van der Waals surface area contributed by atoms with E-state index in [9.17, 15) is 37.1 Å². The number of urea groups is 1. The summed E-state index contributed by atoms with van der Waals surface area (Å²) in [7, 11) is 0. The van der Waals surface area contributed by atoms with Gasteiger partial charge in [-0.15, -0.1) is 0 Å². The largest absolute Gasteiger partial charge is 0.478 e. The number of nitrogens with two attached hydrogens (primary N) is 1. The van der Waals surface area contributed by atoms with Crippen molar-refractivity contribution in [2.45, 2.75) is 6.18 Å². The van der Waals surface area contributed by atoms with Crippen molar-refractivity contribution in [1.29, 1.82) is 0 Å². The summed E-state index contributed by atoms with van der Waals surface area (Å²) in [6.07, 6.45) is -3.60. The molecule has 6 N–H and O–H groups in total. The molecule has 0 radical (unpaired) electrons. The van der Waals surface area contributed by atoms with Crippen molar-refractivity contribution < 1.29 is 37.1 Å². The van der Waals surface area contributed by atoms with Crippen LogP contribution in [-0.4, -0.2) is 28.0 Å². The van der Waals surface area contributed by atoms with Crippen molar-refractivity contribution in [2.24, 2.45) is 5.73 Å². The number of anilines is 2. The van der Waals surface area contributed by atoms with Crippen LogP contribution in [0.1, 0.15) is 26.4 Å². The van der Waals surface area contributed by atoms with Crippen molar-refractivity contribution in [1.82, 2.24) is 4.98 Å². The second-order valence-corrected chi connectivity index (χ2v) is 6.47. The lowest BCUT2D eigenvalue weighted by Gasteiger charge is -2.12. The quantitative estimate of drug-likeness (QED) is 0.371. The van der Waals surface area contributed by atoms with Gasteiger partial charge >= 0.3 is 18.2 Å². The van der Waals surface area contributed by atoms with E-state index in [0.717, 1.165) is 6.20 Å². The Balaban J connectivity index is 1.79. The van der Waals surface area contributed by atoms with Crippen molar-refractivity contribution >= 4 is 29.3 Å². The molecule has 12 heteroatoms. The van der Waals surface area contributed by atoms with Crippen LogP contribution in [0.25, 0.3) is 11.1 Å². The summed E-state index contributed by atoms with van der Waals surface area (Å²) in [4.78, 5) is 37.5. The first-order valence-corrected chi connectivity index (χ1v) is 8.77. The van der Waals surface area contributed by atoms with E-state index in [1.807, 2.05) is 5.32 Å². The molecule has 166 valence electrons. The van der Waals surface area contributed by atoms with E-state index in [2.05, 4.69) is 10.3 Å². The third kappa shape index (κ3) is 4.69. The van der Waals surface area contributed by atoms with E-state index in [0.29, 0.717) is 23.8 Å². The normalized spacial score (nSPS) is 11.1. The number of alkyl halides is 3. The molecule has 0 bridgehead atoms. The van der Waals surface area contributed by atoms with Crippen LogP contribution in [-0.2, 0) is 6.18 Å². The zero-order chi connectivity index (χ0) is 23.6. The fourth-order valence-electron chi connectivity index (χ4n) is 2.89. The number of primary amides is 1. The fourth-order valence-corrected chi connectivity index (χ4v) is 2.89. The number of hydrogen-bond donors (Lipinski definition) is 5. The highest BCUT2D eigenvalue weighted by Gasteiger charge is 2.31. The van der Waals surface area contributed by atoms with Gasteiger partial charge in [-0.05, 0) is 35.9 Å². The molecule has 3 amide bonds. The molecule has 1 heterocycles. The maximum atomic E-state index is 13.8. The second-order valence-electron chi connectivity index (χ2n) is 6.47. The van der Waals surface area contributed by atoms with Crippen LogP contribution >= 0.6 is 0 Å². The number of carboxylic acids is 1. The molecular weight excluding hydrogens is 436 g/mol. The molecular formula is C20H14F4N4O4. The molecule has 0 atom stereocenters. The van der Waals surface area contributed by atoms with Gasteiger partial charge in [-0.2, -0.15) is 13.2 Å². The highest BCUT2D eigenvalue weighted by atomic mass is 19.4. The van der Waals surface area contributed by atoms with Gasteiger partial charge in [0.05, 0.1) is 16.8 Å². The van der Waals surface area contributed by atoms with E-state index < -0.39 is 41.2 Å². The number of carboxylic acid groups (broad SMARTS) is 1. The Hall–Kier alpha value is -4.35. The Morgan fingerprint density at radius 2 is 1.66 bits per heavy atom. The topological polar surface area (TPSA) is 137 Å². The van der Waals surface area contributed by atoms with E-state index in [-0.39, 0.29) is 22.5 Å². The van der Waals surface area contributed by atoms with Gasteiger partial charge in [-0.25, -0.2) is 14.0 Å². The number of hydrogen-bond acceptors (Lipinski definition) is 3. The number of aromatic amines is 1. The van der Waals surface area contributed by atoms with Gasteiger partial charge in [0.2, 0.25) is 0 Å². The number of halogens is 4. The Morgan fingerprint density at radius 3 is 2.22 bits per heavy atom. The number of H-pyrrole nitrogens is 1. The first-order valence-electron chi connectivity index (χ1n) is 8.77. The standard InChI is InChI=1S/C20H14F4N4O4/c21-13-6-3-10(20(22,23)24)7-14(13)28-19(32)27-11-4-1-9(2-5-11)15-12(18(30)31)8-26-16(15)17(25)29/h1-8,26H,(H2,25,29)(H,30,31)(H2,27,28,32). The van der Waals surface area contributed by atoms with Crippen LogP contribution in [0.2, 0.25) is 0 Å².